The van der Waals surface area contributed by atoms with Crippen LogP contribution in [-0.4, -0.2) is 27.3 Å². The highest BCUT2D eigenvalue weighted by Crippen LogP contribution is 2.41. The SMILES string of the molecule is Cn1nc(NC(=O)CSCc2ccccc2)c2c1NC(=O)C[C@@H]2c1ccco1. The molecule has 2 N–H and O–H groups in total. The van der Waals surface area contributed by atoms with E-state index >= 15 is 0 Å². The smallest absolute Gasteiger partial charge is 0.235 e. The molecule has 4 rings (SSSR count). The zero-order valence-electron chi connectivity index (χ0n) is 15.3. The number of fused-ring (bicyclic) bond motifs is 1. The highest BCUT2D eigenvalue weighted by molar-refractivity contribution is 7.99. The van der Waals surface area contributed by atoms with Gasteiger partial charge in [0.2, 0.25) is 11.8 Å². The van der Waals surface area contributed by atoms with E-state index in [2.05, 4.69) is 15.7 Å². The Bertz CT molecular complexity index is 983. The molecule has 0 radical (unpaired) electrons. The van der Waals surface area contributed by atoms with Crippen molar-refractivity contribution < 1.29 is 14.0 Å². The molecule has 3 heterocycles. The number of hydrogen-bond acceptors (Lipinski definition) is 5. The number of carbonyl (C=O) groups is 2. The highest BCUT2D eigenvalue weighted by atomic mass is 32.2. The lowest BCUT2D eigenvalue weighted by molar-refractivity contribution is -0.116. The van der Waals surface area contributed by atoms with Gasteiger partial charge in [-0.25, -0.2) is 0 Å². The molecule has 0 bridgehead atoms. The van der Waals surface area contributed by atoms with Crippen LogP contribution in [0.25, 0.3) is 0 Å². The normalized spacial score (nSPS) is 15.8. The number of anilines is 2. The lowest BCUT2D eigenvalue weighted by Crippen LogP contribution is -2.25. The Morgan fingerprint density at radius 2 is 2.14 bits per heavy atom. The highest BCUT2D eigenvalue weighted by Gasteiger charge is 2.34. The second kappa shape index (κ2) is 7.93. The van der Waals surface area contributed by atoms with Crippen LogP contribution in [0.1, 0.15) is 29.2 Å². The Labute approximate surface area is 166 Å². The van der Waals surface area contributed by atoms with E-state index in [0.29, 0.717) is 23.1 Å². The number of amides is 2. The van der Waals surface area contributed by atoms with Crippen LogP contribution < -0.4 is 10.6 Å². The Morgan fingerprint density at radius 1 is 1.32 bits per heavy atom. The fourth-order valence-electron chi connectivity index (χ4n) is 3.32. The minimum atomic E-state index is -0.278. The lowest BCUT2D eigenvalue weighted by atomic mass is 9.91. The van der Waals surface area contributed by atoms with Crippen molar-refractivity contribution in [3.05, 3.63) is 65.6 Å². The number of aryl methyl sites for hydroxylation is 1. The largest absolute Gasteiger partial charge is 0.469 e. The first-order valence-electron chi connectivity index (χ1n) is 8.93. The molecular weight excluding hydrogens is 376 g/mol. The van der Waals surface area contributed by atoms with Crippen LogP contribution in [0.15, 0.2) is 53.1 Å². The first-order valence-corrected chi connectivity index (χ1v) is 10.1. The standard InChI is InChI=1S/C20H20N4O3S/c1-24-20-18(14(10-16(25)22-20)15-8-5-9-27-15)19(23-24)21-17(26)12-28-11-13-6-3-2-4-7-13/h2-9,14H,10-12H2,1H3,(H,22,25)(H,21,23,26)/t14-/m1/s1. The molecule has 0 saturated heterocycles. The van der Waals surface area contributed by atoms with E-state index in [1.165, 1.54) is 5.56 Å². The molecule has 0 unspecified atom stereocenters. The maximum absolute atomic E-state index is 12.5. The average molecular weight is 396 g/mol. The summed E-state index contributed by atoms with van der Waals surface area (Å²) in [5.41, 5.74) is 1.95. The summed E-state index contributed by atoms with van der Waals surface area (Å²) in [4.78, 5) is 24.6. The predicted octanol–water partition coefficient (Wildman–Crippen LogP) is 3.36. The summed E-state index contributed by atoms with van der Waals surface area (Å²) >= 11 is 1.54. The lowest BCUT2D eigenvalue weighted by Gasteiger charge is -2.22. The number of furan rings is 1. The molecule has 2 aromatic heterocycles. The average Bonchev–Trinajstić information content (AvgIpc) is 3.31. The van der Waals surface area contributed by atoms with Gasteiger partial charge in [0.1, 0.15) is 11.6 Å². The first kappa shape index (κ1) is 18.4. The maximum atomic E-state index is 12.5. The van der Waals surface area contributed by atoms with E-state index in [9.17, 15) is 9.59 Å². The van der Waals surface area contributed by atoms with Crippen LogP contribution in [0.3, 0.4) is 0 Å². The summed E-state index contributed by atoms with van der Waals surface area (Å²) in [6.07, 6.45) is 1.83. The van der Waals surface area contributed by atoms with Gasteiger partial charge in [0.05, 0.1) is 23.5 Å². The molecule has 144 valence electrons. The van der Waals surface area contributed by atoms with Crippen LogP contribution in [0.2, 0.25) is 0 Å². The fraction of sp³-hybridized carbons (Fsp3) is 0.250. The summed E-state index contributed by atoms with van der Waals surface area (Å²) in [5.74, 6) is 2.30. The Kier molecular flexibility index (Phi) is 5.21. The third-order valence-corrected chi connectivity index (χ3v) is 5.57. The van der Waals surface area contributed by atoms with Crippen molar-refractivity contribution >= 4 is 35.2 Å². The second-order valence-electron chi connectivity index (χ2n) is 6.58. The van der Waals surface area contributed by atoms with Gasteiger partial charge >= 0.3 is 0 Å². The van der Waals surface area contributed by atoms with E-state index in [1.807, 2.05) is 36.4 Å². The third-order valence-electron chi connectivity index (χ3n) is 4.57. The van der Waals surface area contributed by atoms with Gasteiger partial charge in [0.15, 0.2) is 5.82 Å². The molecule has 0 spiro atoms. The van der Waals surface area contributed by atoms with Crippen molar-refractivity contribution in [1.82, 2.24) is 9.78 Å². The summed E-state index contributed by atoms with van der Waals surface area (Å²) in [5, 5.41) is 10.2. The van der Waals surface area contributed by atoms with Gasteiger partial charge in [-0.15, -0.1) is 11.8 Å². The molecule has 1 aliphatic heterocycles. The minimum absolute atomic E-state index is 0.104. The molecule has 0 saturated carbocycles. The van der Waals surface area contributed by atoms with Gasteiger partial charge in [0.25, 0.3) is 0 Å². The van der Waals surface area contributed by atoms with Crippen molar-refractivity contribution in [2.75, 3.05) is 16.4 Å². The molecule has 3 aromatic rings. The molecule has 1 aliphatic rings. The molecule has 8 heteroatoms. The van der Waals surface area contributed by atoms with Gasteiger partial charge in [0, 0.05) is 19.2 Å². The van der Waals surface area contributed by atoms with Crippen molar-refractivity contribution in [2.45, 2.75) is 18.1 Å². The van der Waals surface area contributed by atoms with Gasteiger partial charge in [-0.3, -0.25) is 14.3 Å². The molecule has 7 nitrogen and oxygen atoms in total. The van der Waals surface area contributed by atoms with E-state index in [1.54, 1.807) is 35.8 Å². The number of nitrogens with one attached hydrogen (secondary N) is 2. The Balaban J connectivity index is 1.49. The summed E-state index contributed by atoms with van der Waals surface area (Å²) in [6, 6.07) is 13.6. The van der Waals surface area contributed by atoms with Crippen LogP contribution in [-0.2, 0) is 22.4 Å². The first-order chi connectivity index (χ1) is 13.6. The van der Waals surface area contributed by atoms with E-state index in [0.717, 1.165) is 11.3 Å². The van der Waals surface area contributed by atoms with Crippen LogP contribution in [0.5, 0.6) is 0 Å². The number of carbonyl (C=O) groups excluding carboxylic acids is 2. The third kappa shape index (κ3) is 3.82. The van der Waals surface area contributed by atoms with Crippen molar-refractivity contribution in [2.24, 2.45) is 7.05 Å². The molecule has 1 aromatic carbocycles. The van der Waals surface area contributed by atoms with Gasteiger partial charge in [-0.05, 0) is 17.7 Å². The van der Waals surface area contributed by atoms with Gasteiger partial charge in [-0.2, -0.15) is 5.10 Å². The number of rotatable bonds is 6. The number of benzene rings is 1. The zero-order chi connectivity index (χ0) is 19.5. The number of thioether (sulfide) groups is 1. The second-order valence-corrected chi connectivity index (χ2v) is 7.57. The maximum Gasteiger partial charge on any atom is 0.235 e. The van der Waals surface area contributed by atoms with Crippen LogP contribution in [0, 0.1) is 0 Å². The molecule has 1 atom stereocenters. The molecule has 28 heavy (non-hydrogen) atoms. The quantitative estimate of drug-likeness (QED) is 0.667. The van der Waals surface area contributed by atoms with Gasteiger partial charge < -0.3 is 15.1 Å². The number of hydrogen-bond donors (Lipinski definition) is 2. The predicted molar refractivity (Wildman–Crippen MR) is 108 cm³/mol. The van der Waals surface area contributed by atoms with E-state index < -0.39 is 0 Å². The van der Waals surface area contributed by atoms with Crippen molar-refractivity contribution in [3.63, 3.8) is 0 Å². The summed E-state index contributed by atoms with van der Waals surface area (Å²) < 4.78 is 7.11. The molecule has 0 fully saturated rings. The molecular formula is C20H20N4O3S. The molecule has 0 aliphatic carbocycles. The minimum Gasteiger partial charge on any atom is -0.469 e. The van der Waals surface area contributed by atoms with E-state index in [-0.39, 0.29) is 24.2 Å². The number of nitrogens with zero attached hydrogens (tertiary/aromatic N) is 2. The number of aromatic nitrogens is 2. The zero-order valence-corrected chi connectivity index (χ0v) is 16.2. The monoisotopic (exact) mass is 396 g/mol. The van der Waals surface area contributed by atoms with Crippen LogP contribution >= 0.6 is 11.8 Å². The Hall–Kier alpha value is -3.00. The Morgan fingerprint density at radius 3 is 2.89 bits per heavy atom. The van der Waals surface area contributed by atoms with Crippen molar-refractivity contribution in [3.8, 4) is 0 Å². The van der Waals surface area contributed by atoms with Crippen LogP contribution in [0.4, 0.5) is 11.6 Å². The molecule has 2 amide bonds. The van der Waals surface area contributed by atoms with E-state index in [4.69, 9.17) is 4.42 Å². The summed E-state index contributed by atoms with van der Waals surface area (Å²) in [7, 11) is 1.74. The van der Waals surface area contributed by atoms with Crippen molar-refractivity contribution in [1.29, 1.82) is 0 Å². The topological polar surface area (TPSA) is 89.2 Å². The van der Waals surface area contributed by atoms with Gasteiger partial charge in [-0.1, -0.05) is 30.3 Å². The fourth-order valence-corrected chi connectivity index (χ4v) is 4.11. The summed E-state index contributed by atoms with van der Waals surface area (Å²) in [6.45, 7) is 0.